The number of anilines is 1. The van der Waals surface area contributed by atoms with Crippen molar-refractivity contribution in [2.24, 2.45) is 0 Å². The zero-order valence-electron chi connectivity index (χ0n) is 9.95. The quantitative estimate of drug-likeness (QED) is 0.612. The Labute approximate surface area is 101 Å². The standard InChI is InChI=1S/C13H15N3O/c1-3-15-9-11(8-14)13(17)16-12-6-4-10(2)5-7-12/h4-7,9,15H,3H2,1-2H3,(H,16,17)/b11-9-. The molecule has 4 heteroatoms. The van der Waals surface area contributed by atoms with Crippen LogP contribution in [0.2, 0.25) is 0 Å². The molecule has 0 radical (unpaired) electrons. The van der Waals surface area contributed by atoms with Gasteiger partial charge in [0.25, 0.3) is 5.91 Å². The third-order valence-electron chi connectivity index (χ3n) is 2.13. The van der Waals surface area contributed by atoms with Crippen LogP contribution in [0.25, 0.3) is 0 Å². The van der Waals surface area contributed by atoms with Gasteiger partial charge < -0.3 is 10.6 Å². The molecule has 1 amide bonds. The Hall–Kier alpha value is -2.28. The summed E-state index contributed by atoms with van der Waals surface area (Å²) >= 11 is 0. The zero-order valence-corrected chi connectivity index (χ0v) is 9.95. The summed E-state index contributed by atoms with van der Waals surface area (Å²) in [6, 6.07) is 9.25. The molecule has 1 aromatic carbocycles. The first-order valence-corrected chi connectivity index (χ1v) is 5.39. The van der Waals surface area contributed by atoms with Gasteiger partial charge in [-0.1, -0.05) is 17.7 Å². The summed E-state index contributed by atoms with van der Waals surface area (Å²) in [6.07, 6.45) is 1.42. The molecule has 0 aliphatic heterocycles. The maximum Gasteiger partial charge on any atom is 0.267 e. The van der Waals surface area contributed by atoms with Gasteiger partial charge in [-0.05, 0) is 26.0 Å². The number of nitriles is 1. The van der Waals surface area contributed by atoms with E-state index in [2.05, 4.69) is 10.6 Å². The van der Waals surface area contributed by atoms with Gasteiger partial charge in [0, 0.05) is 18.4 Å². The summed E-state index contributed by atoms with van der Waals surface area (Å²) in [5.74, 6) is -0.405. The fraction of sp³-hybridized carbons (Fsp3) is 0.231. The van der Waals surface area contributed by atoms with Gasteiger partial charge >= 0.3 is 0 Å². The van der Waals surface area contributed by atoms with Gasteiger partial charge in [0.2, 0.25) is 0 Å². The molecule has 0 saturated carbocycles. The summed E-state index contributed by atoms with van der Waals surface area (Å²) in [5.41, 5.74) is 1.86. The summed E-state index contributed by atoms with van der Waals surface area (Å²) in [4.78, 5) is 11.7. The van der Waals surface area contributed by atoms with Crippen molar-refractivity contribution in [2.45, 2.75) is 13.8 Å². The second-order valence-corrected chi connectivity index (χ2v) is 3.55. The lowest BCUT2D eigenvalue weighted by molar-refractivity contribution is -0.112. The molecule has 88 valence electrons. The van der Waals surface area contributed by atoms with Crippen molar-refractivity contribution in [1.29, 1.82) is 5.26 Å². The summed E-state index contributed by atoms with van der Waals surface area (Å²) in [6.45, 7) is 4.53. The minimum atomic E-state index is -0.405. The number of aryl methyl sites for hydroxylation is 1. The van der Waals surface area contributed by atoms with Crippen molar-refractivity contribution in [3.8, 4) is 6.07 Å². The summed E-state index contributed by atoms with van der Waals surface area (Å²) < 4.78 is 0. The lowest BCUT2D eigenvalue weighted by Crippen LogP contribution is -2.16. The highest BCUT2D eigenvalue weighted by molar-refractivity contribution is 6.06. The van der Waals surface area contributed by atoms with E-state index < -0.39 is 5.91 Å². The van der Waals surface area contributed by atoms with Gasteiger partial charge in [-0.3, -0.25) is 4.79 Å². The highest BCUT2D eigenvalue weighted by atomic mass is 16.1. The predicted molar refractivity (Wildman–Crippen MR) is 67.2 cm³/mol. The number of amides is 1. The van der Waals surface area contributed by atoms with Crippen LogP contribution in [0.4, 0.5) is 5.69 Å². The molecule has 0 heterocycles. The van der Waals surface area contributed by atoms with Gasteiger partial charge in [-0.15, -0.1) is 0 Å². The highest BCUT2D eigenvalue weighted by Crippen LogP contribution is 2.09. The molecule has 2 N–H and O–H groups in total. The van der Waals surface area contributed by atoms with Crippen molar-refractivity contribution < 1.29 is 4.79 Å². The molecule has 0 unspecified atom stereocenters. The lowest BCUT2D eigenvalue weighted by Gasteiger charge is -2.04. The number of nitrogens with zero attached hydrogens (tertiary/aromatic N) is 1. The summed E-state index contributed by atoms with van der Waals surface area (Å²) in [7, 11) is 0. The smallest absolute Gasteiger partial charge is 0.267 e. The average molecular weight is 229 g/mol. The Morgan fingerprint density at radius 1 is 1.41 bits per heavy atom. The van der Waals surface area contributed by atoms with E-state index in [1.54, 1.807) is 12.1 Å². The Morgan fingerprint density at radius 3 is 2.59 bits per heavy atom. The van der Waals surface area contributed by atoms with E-state index in [4.69, 9.17) is 5.26 Å². The van der Waals surface area contributed by atoms with Crippen LogP contribution in [-0.4, -0.2) is 12.5 Å². The second kappa shape index (κ2) is 6.33. The number of hydrogen-bond donors (Lipinski definition) is 2. The van der Waals surface area contributed by atoms with E-state index in [9.17, 15) is 4.79 Å². The van der Waals surface area contributed by atoms with Crippen molar-refractivity contribution in [2.75, 3.05) is 11.9 Å². The van der Waals surface area contributed by atoms with Crippen LogP contribution < -0.4 is 10.6 Å². The predicted octanol–water partition coefficient (Wildman–Crippen LogP) is 1.95. The van der Waals surface area contributed by atoms with Gasteiger partial charge in [-0.2, -0.15) is 5.26 Å². The topological polar surface area (TPSA) is 64.9 Å². The van der Waals surface area contributed by atoms with Crippen molar-refractivity contribution >= 4 is 11.6 Å². The Kier molecular flexibility index (Phi) is 4.77. The van der Waals surface area contributed by atoms with Crippen LogP contribution in [-0.2, 0) is 4.79 Å². The van der Waals surface area contributed by atoms with E-state index in [-0.39, 0.29) is 5.57 Å². The molecule has 0 atom stereocenters. The van der Waals surface area contributed by atoms with Crippen LogP contribution in [0.5, 0.6) is 0 Å². The van der Waals surface area contributed by atoms with E-state index >= 15 is 0 Å². The number of nitrogens with one attached hydrogen (secondary N) is 2. The maximum atomic E-state index is 11.7. The number of rotatable bonds is 4. The van der Waals surface area contributed by atoms with Gasteiger partial charge in [0.05, 0.1) is 0 Å². The molecule has 0 saturated heterocycles. The van der Waals surface area contributed by atoms with E-state index in [0.29, 0.717) is 12.2 Å². The first kappa shape index (κ1) is 12.8. The average Bonchev–Trinajstić information content (AvgIpc) is 2.33. The molecule has 0 aliphatic rings. The van der Waals surface area contributed by atoms with Crippen molar-refractivity contribution in [3.63, 3.8) is 0 Å². The molecule has 4 nitrogen and oxygen atoms in total. The molecule has 1 rings (SSSR count). The van der Waals surface area contributed by atoms with Gasteiger partial charge in [-0.25, -0.2) is 0 Å². The molecule has 0 spiro atoms. The third-order valence-corrected chi connectivity index (χ3v) is 2.13. The van der Waals surface area contributed by atoms with Crippen LogP contribution in [0.15, 0.2) is 36.0 Å². The molecule has 1 aromatic rings. The number of benzene rings is 1. The van der Waals surface area contributed by atoms with Crippen molar-refractivity contribution in [3.05, 3.63) is 41.6 Å². The fourth-order valence-electron chi connectivity index (χ4n) is 1.19. The largest absolute Gasteiger partial charge is 0.390 e. The molecule has 0 aromatic heterocycles. The third kappa shape index (κ3) is 3.99. The monoisotopic (exact) mass is 229 g/mol. The van der Waals surface area contributed by atoms with E-state index in [1.165, 1.54) is 6.20 Å². The minimum Gasteiger partial charge on any atom is -0.390 e. The van der Waals surface area contributed by atoms with Crippen LogP contribution in [0.1, 0.15) is 12.5 Å². The van der Waals surface area contributed by atoms with Gasteiger partial charge in [0.1, 0.15) is 11.6 Å². The minimum absolute atomic E-state index is 0.0624. The van der Waals surface area contributed by atoms with Crippen LogP contribution in [0, 0.1) is 18.3 Å². The zero-order chi connectivity index (χ0) is 12.7. The fourth-order valence-corrected chi connectivity index (χ4v) is 1.19. The number of carbonyl (C=O) groups excluding carboxylic acids is 1. The van der Waals surface area contributed by atoms with E-state index in [1.807, 2.05) is 32.0 Å². The maximum absolute atomic E-state index is 11.7. The Balaban J connectivity index is 2.71. The lowest BCUT2D eigenvalue weighted by atomic mass is 10.2. The molecule has 17 heavy (non-hydrogen) atoms. The molecule has 0 fully saturated rings. The molecular weight excluding hydrogens is 214 g/mol. The SMILES string of the molecule is CCN/C=C(/C#N)C(=O)Nc1ccc(C)cc1. The van der Waals surface area contributed by atoms with Crippen LogP contribution in [0.3, 0.4) is 0 Å². The first-order valence-electron chi connectivity index (χ1n) is 5.39. The second-order valence-electron chi connectivity index (χ2n) is 3.55. The van der Waals surface area contributed by atoms with Crippen molar-refractivity contribution in [1.82, 2.24) is 5.32 Å². The Bertz CT molecular complexity index is 455. The Morgan fingerprint density at radius 2 is 2.06 bits per heavy atom. The summed E-state index contributed by atoms with van der Waals surface area (Å²) in [5, 5.41) is 14.3. The van der Waals surface area contributed by atoms with E-state index in [0.717, 1.165) is 5.56 Å². The molecule has 0 aliphatic carbocycles. The number of carbonyl (C=O) groups is 1. The molecular formula is C13H15N3O. The van der Waals surface area contributed by atoms with Gasteiger partial charge in [0.15, 0.2) is 0 Å². The normalized spacial score (nSPS) is 10.5. The molecule has 0 bridgehead atoms. The first-order chi connectivity index (χ1) is 8.17. The number of hydrogen-bond acceptors (Lipinski definition) is 3. The van der Waals surface area contributed by atoms with Crippen LogP contribution >= 0.6 is 0 Å². The highest BCUT2D eigenvalue weighted by Gasteiger charge is 2.08.